The van der Waals surface area contributed by atoms with Crippen LogP contribution in [-0.2, 0) is 16.0 Å². The average Bonchev–Trinajstić information content (AvgIpc) is 3.34. The summed E-state index contributed by atoms with van der Waals surface area (Å²) < 4.78 is 5.69. The smallest absolute Gasteiger partial charge is 0.327 e. The van der Waals surface area contributed by atoms with Crippen molar-refractivity contribution in [3.05, 3.63) is 81.9 Å². The molecule has 1 atom stereocenters. The number of aromatic nitrogens is 1. The van der Waals surface area contributed by atoms with Gasteiger partial charge in [0.2, 0.25) is 5.89 Å². The summed E-state index contributed by atoms with van der Waals surface area (Å²) in [6.07, 6.45) is 2.96. The van der Waals surface area contributed by atoms with Gasteiger partial charge < -0.3 is 14.8 Å². The molecular formula is C22H15Cl2N3O4S. The SMILES string of the molecule is O=C(O)C(Cc1ccccc1)N1C(=O)/C(=C\c2ncc(-c3ccc(Cl)c(Cl)c3)o2)NC1=S. The molecular weight excluding hydrogens is 473 g/mol. The topological polar surface area (TPSA) is 95.7 Å². The van der Waals surface area contributed by atoms with Gasteiger partial charge in [-0.05, 0) is 36.0 Å². The minimum absolute atomic E-state index is 0.000781. The van der Waals surface area contributed by atoms with Crippen molar-refractivity contribution >= 4 is 58.5 Å². The van der Waals surface area contributed by atoms with Crippen LogP contribution in [0.15, 0.2) is 64.8 Å². The highest BCUT2D eigenvalue weighted by molar-refractivity contribution is 7.80. The molecule has 3 aromatic rings. The number of benzene rings is 2. The van der Waals surface area contributed by atoms with E-state index < -0.39 is 17.9 Å². The van der Waals surface area contributed by atoms with E-state index in [-0.39, 0.29) is 23.1 Å². The van der Waals surface area contributed by atoms with Gasteiger partial charge in [-0.25, -0.2) is 9.78 Å². The molecule has 7 nitrogen and oxygen atoms in total. The van der Waals surface area contributed by atoms with Crippen molar-refractivity contribution in [2.45, 2.75) is 12.5 Å². The third kappa shape index (κ3) is 4.52. The summed E-state index contributed by atoms with van der Waals surface area (Å²) in [5, 5.41) is 13.3. The van der Waals surface area contributed by atoms with Gasteiger partial charge in [-0.2, -0.15) is 0 Å². The Hall–Kier alpha value is -3.20. The summed E-state index contributed by atoms with van der Waals surface area (Å²) in [5.41, 5.74) is 1.50. The Morgan fingerprint density at radius 2 is 1.97 bits per heavy atom. The number of halogens is 2. The van der Waals surface area contributed by atoms with Crippen molar-refractivity contribution in [1.82, 2.24) is 15.2 Å². The van der Waals surface area contributed by atoms with Gasteiger partial charge >= 0.3 is 5.97 Å². The lowest BCUT2D eigenvalue weighted by atomic mass is 10.0. The van der Waals surface area contributed by atoms with Crippen molar-refractivity contribution in [2.24, 2.45) is 0 Å². The zero-order valence-electron chi connectivity index (χ0n) is 16.3. The molecule has 0 saturated carbocycles. The molecule has 2 N–H and O–H groups in total. The Balaban J connectivity index is 1.57. The van der Waals surface area contributed by atoms with Crippen LogP contribution in [0.5, 0.6) is 0 Å². The molecule has 10 heteroatoms. The molecule has 32 heavy (non-hydrogen) atoms. The monoisotopic (exact) mass is 487 g/mol. The number of aliphatic carboxylic acids is 1. The summed E-state index contributed by atoms with van der Waals surface area (Å²) in [6.45, 7) is 0. The molecule has 1 saturated heterocycles. The number of hydrogen-bond donors (Lipinski definition) is 2. The molecule has 1 amide bonds. The van der Waals surface area contributed by atoms with Crippen LogP contribution >= 0.6 is 35.4 Å². The van der Waals surface area contributed by atoms with Gasteiger partial charge in [-0.3, -0.25) is 9.69 Å². The number of hydrogen-bond acceptors (Lipinski definition) is 5. The Morgan fingerprint density at radius 1 is 1.22 bits per heavy atom. The maximum Gasteiger partial charge on any atom is 0.327 e. The number of thiocarbonyl (C=S) groups is 1. The first-order chi connectivity index (χ1) is 15.3. The molecule has 1 aliphatic rings. The van der Waals surface area contributed by atoms with Gasteiger partial charge in [-0.15, -0.1) is 0 Å². The van der Waals surface area contributed by atoms with Crippen molar-refractivity contribution in [3.63, 3.8) is 0 Å². The van der Waals surface area contributed by atoms with Crippen LogP contribution in [-0.4, -0.2) is 38.0 Å². The van der Waals surface area contributed by atoms with E-state index in [1.807, 2.05) is 6.07 Å². The van der Waals surface area contributed by atoms with Crippen LogP contribution in [0.1, 0.15) is 11.5 Å². The number of nitrogens with one attached hydrogen (secondary N) is 1. The lowest BCUT2D eigenvalue weighted by molar-refractivity contribution is -0.145. The molecule has 1 unspecified atom stereocenters. The summed E-state index contributed by atoms with van der Waals surface area (Å²) in [7, 11) is 0. The third-order valence-corrected chi connectivity index (χ3v) is 5.81. The maximum atomic E-state index is 13.0. The Labute approximate surface area is 198 Å². The molecule has 2 aromatic carbocycles. The largest absolute Gasteiger partial charge is 0.480 e. The third-order valence-electron chi connectivity index (χ3n) is 4.77. The number of rotatable bonds is 6. The maximum absolute atomic E-state index is 13.0. The minimum atomic E-state index is -1.16. The van der Waals surface area contributed by atoms with Gasteiger partial charge in [0.1, 0.15) is 11.7 Å². The summed E-state index contributed by atoms with van der Waals surface area (Å²) in [4.78, 5) is 30.1. The molecule has 1 aliphatic heterocycles. The summed E-state index contributed by atoms with van der Waals surface area (Å²) >= 11 is 17.2. The first-order valence-corrected chi connectivity index (χ1v) is 10.5. The van der Waals surface area contributed by atoms with E-state index in [1.54, 1.807) is 42.5 Å². The van der Waals surface area contributed by atoms with Gasteiger partial charge in [0, 0.05) is 18.1 Å². The van der Waals surface area contributed by atoms with E-state index in [2.05, 4.69) is 10.3 Å². The first-order valence-electron chi connectivity index (χ1n) is 9.37. The minimum Gasteiger partial charge on any atom is -0.480 e. The van der Waals surface area contributed by atoms with Crippen LogP contribution in [0.3, 0.4) is 0 Å². The van der Waals surface area contributed by atoms with E-state index in [0.29, 0.717) is 21.4 Å². The lowest BCUT2D eigenvalue weighted by Crippen LogP contribution is -2.46. The van der Waals surface area contributed by atoms with Crippen LogP contribution < -0.4 is 5.32 Å². The van der Waals surface area contributed by atoms with E-state index in [0.717, 1.165) is 10.5 Å². The molecule has 4 rings (SSSR count). The summed E-state index contributed by atoms with van der Waals surface area (Å²) in [5.74, 6) is -1.17. The second kappa shape index (κ2) is 9.12. The highest BCUT2D eigenvalue weighted by Gasteiger charge is 2.40. The molecule has 0 spiro atoms. The fraction of sp³-hybridized carbons (Fsp3) is 0.0909. The average molecular weight is 488 g/mol. The van der Waals surface area contributed by atoms with Crippen LogP contribution in [0.2, 0.25) is 10.0 Å². The van der Waals surface area contributed by atoms with Crippen LogP contribution in [0.25, 0.3) is 17.4 Å². The Kier molecular flexibility index (Phi) is 6.27. The van der Waals surface area contributed by atoms with Crippen molar-refractivity contribution in [3.8, 4) is 11.3 Å². The summed E-state index contributed by atoms with van der Waals surface area (Å²) in [6, 6.07) is 12.9. The van der Waals surface area contributed by atoms with Gasteiger partial charge in [0.05, 0.1) is 16.2 Å². The van der Waals surface area contributed by atoms with E-state index in [9.17, 15) is 14.7 Å². The number of carboxylic acid groups (broad SMARTS) is 1. The van der Waals surface area contributed by atoms with Crippen LogP contribution in [0, 0.1) is 0 Å². The molecule has 2 heterocycles. The van der Waals surface area contributed by atoms with Gasteiger partial charge in [0.25, 0.3) is 5.91 Å². The fourth-order valence-electron chi connectivity index (χ4n) is 3.22. The number of amides is 1. The molecule has 1 fully saturated rings. The van der Waals surface area contributed by atoms with Gasteiger partial charge in [-0.1, -0.05) is 53.5 Å². The Morgan fingerprint density at radius 3 is 2.66 bits per heavy atom. The molecule has 0 radical (unpaired) electrons. The number of nitrogens with zero attached hydrogens (tertiary/aromatic N) is 2. The van der Waals surface area contributed by atoms with E-state index >= 15 is 0 Å². The number of carboxylic acids is 1. The number of carbonyl (C=O) groups excluding carboxylic acids is 1. The fourth-order valence-corrected chi connectivity index (χ4v) is 3.84. The highest BCUT2D eigenvalue weighted by Crippen LogP contribution is 2.29. The Bertz CT molecular complexity index is 1240. The van der Waals surface area contributed by atoms with Crippen molar-refractivity contribution in [2.75, 3.05) is 0 Å². The molecule has 1 aromatic heterocycles. The zero-order chi connectivity index (χ0) is 22.8. The highest BCUT2D eigenvalue weighted by atomic mass is 35.5. The second-order valence-electron chi connectivity index (χ2n) is 6.90. The van der Waals surface area contributed by atoms with E-state index in [4.69, 9.17) is 39.8 Å². The normalized spacial score (nSPS) is 15.8. The van der Waals surface area contributed by atoms with Gasteiger partial charge in [0.15, 0.2) is 10.9 Å². The van der Waals surface area contributed by atoms with Crippen molar-refractivity contribution < 1.29 is 19.1 Å². The zero-order valence-corrected chi connectivity index (χ0v) is 18.6. The first kappa shape index (κ1) is 22.0. The predicted octanol–water partition coefficient (Wildman–Crippen LogP) is 4.40. The molecule has 0 bridgehead atoms. The lowest BCUT2D eigenvalue weighted by Gasteiger charge is -2.22. The van der Waals surface area contributed by atoms with Crippen molar-refractivity contribution in [1.29, 1.82) is 0 Å². The number of oxazole rings is 1. The molecule has 162 valence electrons. The second-order valence-corrected chi connectivity index (χ2v) is 8.10. The number of carbonyl (C=O) groups is 2. The standard InChI is InChI=1S/C22H15Cl2N3O4S/c23-14-7-6-13(9-15(14)24)18-11-25-19(31-18)10-16-20(28)27(22(32)26-16)17(21(29)30)8-12-4-2-1-3-5-12/h1-7,9-11,17H,8H2,(H,26,32)(H,29,30)/b16-10+. The van der Waals surface area contributed by atoms with E-state index in [1.165, 1.54) is 12.3 Å². The molecule has 0 aliphatic carbocycles. The quantitative estimate of drug-likeness (QED) is 0.392. The predicted molar refractivity (Wildman–Crippen MR) is 124 cm³/mol. The van der Waals surface area contributed by atoms with Crippen LogP contribution in [0.4, 0.5) is 0 Å².